The fraction of sp³-hybridized carbons (Fsp3) is 0.0800. The van der Waals surface area contributed by atoms with Gasteiger partial charge in [-0.05, 0) is 36.1 Å². The number of hydrogen-bond acceptors (Lipinski definition) is 3. The Morgan fingerprint density at radius 2 is 1.57 bits per heavy atom. The molecule has 0 bridgehead atoms. The fourth-order valence-corrected chi connectivity index (χ4v) is 4.51. The van der Waals surface area contributed by atoms with Crippen molar-refractivity contribution < 1.29 is 14.3 Å². The molecule has 134 valence electrons. The topological polar surface area (TPSA) is 35.5 Å². The van der Waals surface area contributed by atoms with Gasteiger partial charge < -0.3 is 9.47 Å². The van der Waals surface area contributed by atoms with E-state index in [0.717, 1.165) is 44.5 Å². The molecule has 2 aliphatic rings. The molecule has 0 saturated heterocycles. The summed E-state index contributed by atoms with van der Waals surface area (Å²) in [4.78, 5) is 12.8. The minimum absolute atomic E-state index is 0.303. The van der Waals surface area contributed by atoms with Gasteiger partial charge in [-0.3, -0.25) is 0 Å². The van der Waals surface area contributed by atoms with Gasteiger partial charge in [-0.15, -0.1) is 0 Å². The Balaban J connectivity index is 1.78. The van der Waals surface area contributed by atoms with Crippen molar-refractivity contribution >= 4 is 16.7 Å². The Hall–Kier alpha value is -3.59. The quantitative estimate of drug-likeness (QED) is 0.375. The summed E-state index contributed by atoms with van der Waals surface area (Å²) in [6.07, 6.45) is 0. The van der Waals surface area contributed by atoms with Crippen molar-refractivity contribution in [3.63, 3.8) is 0 Å². The zero-order chi connectivity index (χ0) is 18.9. The Labute approximate surface area is 162 Å². The van der Waals surface area contributed by atoms with Gasteiger partial charge in [0.05, 0.1) is 5.56 Å². The first kappa shape index (κ1) is 15.5. The van der Waals surface area contributed by atoms with Crippen LogP contribution in [0.25, 0.3) is 10.8 Å². The molecule has 1 spiro atoms. The van der Waals surface area contributed by atoms with E-state index in [4.69, 9.17) is 9.47 Å². The Bertz CT molecular complexity index is 1300. The van der Waals surface area contributed by atoms with Gasteiger partial charge in [0.1, 0.15) is 11.5 Å². The molecule has 3 nitrogen and oxygen atoms in total. The lowest BCUT2D eigenvalue weighted by Crippen LogP contribution is -2.33. The van der Waals surface area contributed by atoms with Crippen LogP contribution in [0, 0.1) is 6.92 Å². The van der Waals surface area contributed by atoms with E-state index in [1.807, 2.05) is 73.7 Å². The molecule has 28 heavy (non-hydrogen) atoms. The molecule has 2 aliphatic heterocycles. The zero-order valence-electron chi connectivity index (χ0n) is 15.2. The van der Waals surface area contributed by atoms with Gasteiger partial charge in [0.25, 0.3) is 0 Å². The maximum absolute atomic E-state index is 12.8. The van der Waals surface area contributed by atoms with Crippen molar-refractivity contribution in [2.45, 2.75) is 12.5 Å². The number of esters is 1. The lowest BCUT2D eigenvalue weighted by Gasteiger charge is -2.37. The van der Waals surface area contributed by atoms with Crippen molar-refractivity contribution in [3.8, 4) is 11.5 Å². The fourth-order valence-electron chi connectivity index (χ4n) is 4.51. The van der Waals surface area contributed by atoms with E-state index in [-0.39, 0.29) is 5.97 Å². The van der Waals surface area contributed by atoms with E-state index >= 15 is 0 Å². The minimum Gasteiger partial charge on any atom is -0.456 e. The van der Waals surface area contributed by atoms with Crippen LogP contribution >= 0.6 is 0 Å². The van der Waals surface area contributed by atoms with Crippen LogP contribution in [0.2, 0.25) is 0 Å². The number of rotatable bonds is 0. The second kappa shape index (κ2) is 5.23. The van der Waals surface area contributed by atoms with Crippen LogP contribution < -0.4 is 4.74 Å². The van der Waals surface area contributed by atoms with Gasteiger partial charge in [0, 0.05) is 22.1 Å². The molecule has 3 heteroatoms. The molecule has 0 fully saturated rings. The second-order valence-corrected chi connectivity index (χ2v) is 7.38. The highest BCUT2D eigenvalue weighted by molar-refractivity contribution is 5.98. The molecule has 1 unspecified atom stereocenters. The van der Waals surface area contributed by atoms with Crippen molar-refractivity contribution in [1.82, 2.24) is 0 Å². The highest BCUT2D eigenvalue weighted by atomic mass is 16.6. The normalized spacial score (nSPS) is 19.0. The summed E-state index contributed by atoms with van der Waals surface area (Å²) in [6, 6.07) is 25.9. The lowest BCUT2D eigenvalue weighted by molar-refractivity contribution is 0.0225. The largest absolute Gasteiger partial charge is 0.456 e. The van der Waals surface area contributed by atoms with Crippen LogP contribution in [0.3, 0.4) is 0 Å². The molecule has 0 saturated carbocycles. The summed E-state index contributed by atoms with van der Waals surface area (Å²) >= 11 is 0. The maximum Gasteiger partial charge on any atom is 0.340 e. The average molecular weight is 364 g/mol. The molecule has 0 N–H and O–H groups in total. The van der Waals surface area contributed by atoms with Gasteiger partial charge >= 0.3 is 5.97 Å². The van der Waals surface area contributed by atoms with Gasteiger partial charge in [0.15, 0.2) is 5.60 Å². The third-order valence-electron chi connectivity index (χ3n) is 5.76. The summed E-state index contributed by atoms with van der Waals surface area (Å²) in [5.74, 6) is 1.18. The highest BCUT2D eigenvalue weighted by Gasteiger charge is 2.53. The van der Waals surface area contributed by atoms with E-state index in [9.17, 15) is 4.79 Å². The lowest BCUT2D eigenvalue weighted by atomic mass is 9.77. The first-order valence-electron chi connectivity index (χ1n) is 9.32. The number of ether oxygens (including phenoxy) is 2. The zero-order valence-corrected chi connectivity index (χ0v) is 15.2. The number of aryl methyl sites for hydroxylation is 1. The number of benzene rings is 4. The van der Waals surface area contributed by atoms with Crippen LogP contribution in [-0.4, -0.2) is 5.97 Å². The second-order valence-electron chi connectivity index (χ2n) is 7.38. The molecule has 6 rings (SSSR count). The summed E-state index contributed by atoms with van der Waals surface area (Å²) in [5, 5.41) is 2.09. The van der Waals surface area contributed by atoms with Crippen LogP contribution in [0.15, 0.2) is 78.9 Å². The smallest absolute Gasteiger partial charge is 0.340 e. The van der Waals surface area contributed by atoms with Crippen LogP contribution in [0.1, 0.15) is 32.6 Å². The first-order valence-corrected chi connectivity index (χ1v) is 9.32. The third kappa shape index (κ3) is 1.81. The standard InChI is InChI=1S/C25H16O3/c1-15-10-12-20-22(14-15)27-23-17-7-3-2-6-16(17)11-13-21(23)25(20)19-9-5-4-8-18(19)24(26)28-25/h2-14H,1H3. The summed E-state index contributed by atoms with van der Waals surface area (Å²) < 4.78 is 12.6. The molecule has 0 aromatic heterocycles. The van der Waals surface area contributed by atoms with Crippen LogP contribution in [0.5, 0.6) is 11.5 Å². The molecule has 4 aromatic rings. The number of fused-ring (bicyclic) bond motifs is 8. The average Bonchev–Trinajstić information content (AvgIpc) is 3.01. The first-order chi connectivity index (χ1) is 13.7. The van der Waals surface area contributed by atoms with Crippen LogP contribution in [-0.2, 0) is 10.3 Å². The molecule has 0 radical (unpaired) electrons. The molecular formula is C25H16O3. The maximum atomic E-state index is 12.8. The van der Waals surface area contributed by atoms with Crippen LogP contribution in [0.4, 0.5) is 0 Å². The minimum atomic E-state index is -0.992. The molecule has 4 aromatic carbocycles. The predicted octanol–water partition coefficient (Wildman–Crippen LogP) is 5.72. The molecular weight excluding hydrogens is 348 g/mol. The van der Waals surface area contributed by atoms with E-state index in [1.54, 1.807) is 0 Å². The summed E-state index contributed by atoms with van der Waals surface area (Å²) in [6.45, 7) is 2.03. The van der Waals surface area contributed by atoms with Gasteiger partial charge in [-0.2, -0.15) is 0 Å². The van der Waals surface area contributed by atoms with Crippen molar-refractivity contribution in [3.05, 3.63) is 107 Å². The third-order valence-corrected chi connectivity index (χ3v) is 5.76. The van der Waals surface area contributed by atoms with E-state index in [0.29, 0.717) is 5.56 Å². The van der Waals surface area contributed by atoms with Gasteiger partial charge in [-0.25, -0.2) is 4.79 Å². The van der Waals surface area contributed by atoms with Crippen molar-refractivity contribution in [2.24, 2.45) is 0 Å². The molecule has 0 amide bonds. The Kier molecular flexibility index (Phi) is 2.89. The van der Waals surface area contributed by atoms with Crippen molar-refractivity contribution in [1.29, 1.82) is 0 Å². The molecule has 0 aliphatic carbocycles. The molecule has 1 atom stereocenters. The monoisotopic (exact) mass is 364 g/mol. The van der Waals surface area contributed by atoms with E-state index < -0.39 is 5.60 Å². The Morgan fingerprint density at radius 1 is 0.786 bits per heavy atom. The highest BCUT2D eigenvalue weighted by Crippen LogP contribution is 2.57. The predicted molar refractivity (Wildman–Crippen MR) is 107 cm³/mol. The SMILES string of the molecule is Cc1ccc2c(c1)Oc1c(ccc3ccccc13)C21OC(=O)c2ccccc21. The Morgan fingerprint density at radius 3 is 2.50 bits per heavy atom. The van der Waals surface area contributed by atoms with E-state index in [2.05, 4.69) is 12.1 Å². The number of hydrogen-bond donors (Lipinski definition) is 0. The molecule has 2 heterocycles. The van der Waals surface area contributed by atoms with Gasteiger partial charge in [0.2, 0.25) is 0 Å². The van der Waals surface area contributed by atoms with Crippen molar-refractivity contribution in [2.75, 3.05) is 0 Å². The van der Waals surface area contributed by atoms with Gasteiger partial charge in [-0.1, -0.05) is 60.7 Å². The number of carbonyl (C=O) groups is 1. The summed E-state index contributed by atoms with van der Waals surface area (Å²) in [7, 11) is 0. The summed E-state index contributed by atoms with van der Waals surface area (Å²) in [5.41, 5.74) is 3.30. The van der Waals surface area contributed by atoms with E-state index in [1.165, 1.54) is 0 Å². The number of carbonyl (C=O) groups excluding carboxylic acids is 1.